The third kappa shape index (κ3) is 4.44. The highest BCUT2D eigenvalue weighted by Gasteiger charge is 2.29. The van der Waals surface area contributed by atoms with Gasteiger partial charge in [0.25, 0.3) is 5.91 Å². The maximum absolute atomic E-state index is 13.4. The number of aryl methyl sites for hydroxylation is 1. The van der Waals surface area contributed by atoms with Crippen molar-refractivity contribution >= 4 is 17.2 Å². The molecule has 2 aromatic carbocycles. The highest BCUT2D eigenvalue weighted by Crippen LogP contribution is 2.34. The van der Waals surface area contributed by atoms with E-state index >= 15 is 0 Å². The predicted molar refractivity (Wildman–Crippen MR) is 124 cm³/mol. The van der Waals surface area contributed by atoms with Crippen LogP contribution in [0.25, 0.3) is 10.6 Å². The third-order valence-electron chi connectivity index (χ3n) is 5.84. The number of methoxy groups -OCH3 is 2. The second-order valence-corrected chi connectivity index (χ2v) is 8.63. The Hall–Kier alpha value is -2.86. The Morgan fingerprint density at radius 3 is 2.65 bits per heavy atom. The second kappa shape index (κ2) is 9.52. The molecule has 1 atom stereocenters. The molecule has 1 aromatic heterocycles. The maximum atomic E-state index is 13.4. The van der Waals surface area contributed by atoms with E-state index < -0.39 is 0 Å². The summed E-state index contributed by atoms with van der Waals surface area (Å²) in [5, 5.41) is 2.67. The molecule has 5 nitrogen and oxygen atoms in total. The second-order valence-electron chi connectivity index (χ2n) is 7.77. The summed E-state index contributed by atoms with van der Waals surface area (Å²) < 4.78 is 10.7. The van der Waals surface area contributed by atoms with Crippen molar-refractivity contribution in [3.05, 3.63) is 64.7 Å². The van der Waals surface area contributed by atoms with Crippen LogP contribution in [0.4, 0.5) is 0 Å². The number of hydrogen-bond donors (Lipinski definition) is 0. The molecule has 0 bridgehead atoms. The Kier molecular flexibility index (Phi) is 6.56. The van der Waals surface area contributed by atoms with Crippen molar-refractivity contribution in [1.82, 2.24) is 9.88 Å². The molecule has 6 heteroatoms. The number of carbonyl (C=O) groups excluding carboxylic acids is 1. The van der Waals surface area contributed by atoms with Crippen LogP contribution in [-0.2, 0) is 12.8 Å². The maximum Gasteiger partial charge on any atom is 0.273 e. The van der Waals surface area contributed by atoms with Crippen molar-refractivity contribution in [1.29, 1.82) is 0 Å². The van der Waals surface area contributed by atoms with E-state index in [0.29, 0.717) is 17.2 Å². The summed E-state index contributed by atoms with van der Waals surface area (Å²) in [6.45, 7) is 2.86. The van der Waals surface area contributed by atoms with Gasteiger partial charge < -0.3 is 14.4 Å². The molecule has 0 spiro atoms. The number of aromatic nitrogens is 1. The normalized spacial score (nSPS) is 15.3. The number of hydrogen-bond acceptors (Lipinski definition) is 5. The summed E-state index contributed by atoms with van der Waals surface area (Å²) >= 11 is 1.48. The first-order chi connectivity index (χ1) is 15.1. The summed E-state index contributed by atoms with van der Waals surface area (Å²) in [6, 6.07) is 14.5. The van der Waals surface area contributed by atoms with E-state index in [2.05, 4.69) is 36.2 Å². The van der Waals surface area contributed by atoms with Crippen LogP contribution in [0.15, 0.2) is 47.8 Å². The lowest BCUT2D eigenvalue weighted by Crippen LogP contribution is -2.44. The van der Waals surface area contributed by atoms with Gasteiger partial charge in [-0.25, -0.2) is 4.98 Å². The summed E-state index contributed by atoms with van der Waals surface area (Å²) in [5.41, 5.74) is 4.20. The number of rotatable bonds is 7. The Morgan fingerprint density at radius 2 is 1.90 bits per heavy atom. The van der Waals surface area contributed by atoms with Gasteiger partial charge in [0.1, 0.15) is 10.7 Å². The summed E-state index contributed by atoms with van der Waals surface area (Å²) in [4.78, 5) is 20.2. The van der Waals surface area contributed by atoms with Crippen molar-refractivity contribution < 1.29 is 14.3 Å². The first-order valence-corrected chi connectivity index (χ1v) is 11.6. The van der Waals surface area contributed by atoms with E-state index in [1.165, 1.54) is 22.5 Å². The lowest BCUT2D eigenvalue weighted by molar-refractivity contribution is 0.0656. The molecule has 0 aliphatic heterocycles. The first-order valence-electron chi connectivity index (χ1n) is 10.7. The number of nitrogens with zero attached hydrogens (tertiary/aromatic N) is 2. The molecule has 31 heavy (non-hydrogen) atoms. The van der Waals surface area contributed by atoms with E-state index in [9.17, 15) is 4.79 Å². The van der Waals surface area contributed by atoms with Gasteiger partial charge in [-0.15, -0.1) is 11.3 Å². The summed E-state index contributed by atoms with van der Waals surface area (Å²) in [7, 11) is 3.23. The van der Waals surface area contributed by atoms with Crippen molar-refractivity contribution in [3.8, 4) is 22.1 Å². The Labute approximate surface area is 187 Å². The van der Waals surface area contributed by atoms with Crippen LogP contribution < -0.4 is 9.47 Å². The van der Waals surface area contributed by atoms with Crippen LogP contribution in [0.3, 0.4) is 0 Å². The molecular formula is C25H28N2O3S. The van der Waals surface area contributed by atoms with E-state index in [4.69, 9.17) is 9.47 Å². The van der Waals surface area contributed by atoms with Gasteiger partial charge in [-0.2, -0.15) is 0 Å². The molecule has 3 aromatic rings. The van der Waals surface area contributed by atoms with Gasteiger partial charge in [-0.05, 0) is 55.0 Å². The topological polar surface area (TPSA) is 51.7 Å². The quantitative estimate of drug-likeness (QED) is 0.508. The molecule has 0 saturated heterocycles. The van der Waals surface area contributed by atoms with Crippen LogP contribution in [0.1, 0.15) is 41.4 Å². The van der Waals surface area contributed by atoms with Crippen LogP contribution >= 0.6 is 11.3 Å². The van der Waals surface area contributed by atoms with Crippen LogP contribution in [0.5, 0.6) is 11.5 Å². The fourth-order valence-corrected chi connectivity index (χ4v) is 5.05. The van der Waals surface area contributed by atoms with Crippen LogP contribution in [0.2, 0.25) is 0 Å². The zero-order valence-electron chi connectivity index (χ0n) is 18.3. The molecule has 0 fully saturated rings. The van der Waals surface area contributed by atoms with Crippen molar-refractivity contribution in [3.63, 3.8) is 0 Å². The minimum atomic E-state index is 0.0224. The van der Waals surface area contributed by atoms with Gasteiger partial charge in [0.15, 0.2) is 11.5 Å². The van der Waals surface area contributed by atoms with Crippen molar-refractivity contribution in [2.75, 3.05) is 20.8 Å². The average Bonchev–Trinajstić information content (AvgIpc) is 3.31. The van der Waals surface area contributed by atoms with Crippen molar-refractivity contribution in [2.45, 2.75) is 38.6 Å². The van der Waals surface area contributed by atoms with E-state index in [1.807, 2.05) is 28.5 Å². The number of carbonyl (C=O) groups is 1. The highest BCUT2D eigenvalue weighted by atomic mass is 32.1. The molecule has 1 amide bonds. The van der Waals surface area contributed by atoms with Gasteiger partial charge in [-0.3, -0.25) is 4.79 Å². The number of ether oxygens (including phenoxy) is 2. The zero-order valence-corrected chi connectivity index (χ0v) is 19.1. The minimum absolute atomic E-state index is 0.0224. The monoisotopic (exact) mass is 436 g/mol. The smallest absolute Gasteiger partial charge is 0.273 e. The Bertz CT molecular complexity index is 1060. The number of amides is 1. The third-order valence-corrected chi connectivity index (χ3v) is 6.73. The summed E-state index contributed by atoms with van der Waals surface area (Å²) in [5.74, 6) is 1.34. The molecule has 0 saturated carbocycles. The van der Waals surface area contributed by atoms with Crippen LogP contribution in [-0.4, -0.2) is 42.6 Å². The Morgan fingerprint density at radius 1 is 1.13 bits per heavy atom. The SMILES string of the molecule is CCCN(C(=O)c1csc(-c2ccc(OC)c(OC)c2)n1)C1CCc2ccccc2C1. The minimum Gasteiger partial charge on any atom is -0.493 e. The Balaban J connectivity index is 1.56. The molecule has 0 N–H and O–H groups in total. The van der Waals surface area contributed by atoms with E-state index in [-0.39, 0.29) is 11.9 Å². The van der Waals surface area contributed by atoms with Crippen LogP contribution in [0, 0.1) is 0 Å². The zero-order chi connectivity index (χ0) is 21.8. The molecule has 1 aliphatic carbocycles. The lowest BCUT2D eigenvalue weighted by atomic mass is 9.87. The first kappa shape index (κ1) is 21.4. The predicted octanol–water partition coefficient (Wildman–Crippen LogP) is 5.24. The molecule has 1 heterocycles. The highest BCUT2D eigenvalue weighted by molar-refractivity contribution is 7.13. The number of fused-ring (bicyclic) bond motifs is 1. The number of benzene rings is 2. The van der Waals surface area contributed by atoms with Gasteiger partial charge in [0.2, 0.25) is 0 Å². The largest absolute Gasteiger partial charge is 0.493 e. The van der Waals surface area contributed by atoms with E-state index in [0.717, 1.165) is 42.8 Å². The molecule has 0 radical (unpaired) electrons. The fraction of sp³-hybridized carbons (Fsp3) is 0.360. The van der Waals surface area contributed by atoms with Crippen molar-refractivity contribution in [2.24, 2.45) is 0 Å². The molecule has 4 rings (SSSR count). The van der Waals surface area contributed by atoms with Gasteiger partial charge in [0, 0.05) is 23.5 Å². The average molecular weight is 437 g/mol. The number of thiazole rings is 1. The van der Waals surface area contributed by atoms with Gasteiger partial charge in [-0.1, -0.05) is 31.2 Å². The van der Waals surface area contributed by atoms with Gasteiger partial charge >= 0.3 is 0 Å². The molecular weight excluding hydrogens is 408 g/mol. The fourth-order valence-electron chi connectivity index (χ4n) is 4.26. The standard InChI is InChI=1S/C25H28N2O3S/c1-4-13-27(20-11-9-17-7-5-6-8-18(17)14-20)25(28)21-16-31-24(26-21)19-10-12-22(29-2)23(15-19)30-3/h5-8,10,12,15-16,20H,4,9,11,13-14H2,1-3H3. The lowest BCUT2D eigenvalue weighted by Gasteiger charge is -2.35. The summed E-state index contributed by atoms with van der Waals surface area (Å²) in [6.07, 6.45) is 3.85. The molecule has 162 valence electrons. The molecule has 1 aliphatic rings. The van der Waals surface area contributed by atoms with Gasteiger partial charge in [0.05, 0.1) is 14.2 Å². The van der Waals surface area contributed by atoms with E-state index in [1.54, 1.807) is 14.2 Å². The molecule has 1 unspecified atom stereocenters.